The molecule has 1 aliphatic rings. The SMILES string of the molecule is C1=Cc2c(cccc2Nc2ccc(-c3cccc4ccccc34)cc2)CC1. The number of nitrogens with one attached hydrogen (secondary N) is 1. The Morgan fingerprint density at radius 3 is 2.44 bits per heavy atom. The highest BCUT2D eigenvalue weighted by Crippen LogP contribution is 2.32. The molecule has 27 heavy (non-hydrogen) atoms. The molecular weight excluding hydrogens is 326 g/mol. The standard InChI is InChI=1S/C26H21N/c1-3-11-23-19(7-1)9-5-13-24(23)21-15-17-22(18-16-21)27-26-14-6-10-20-8-2-4-12-25(20)26/h1,3-7,9-18,27H,2,8H2. The van der Waals surface area contributed by atoms with Crippen LogP contribution in [-0.4, -0.2) is 0 Å². The molecule has 1 aliphatic carbocycles. The van der Waals surface area contributed by atoms with Gasteiger partial charge in [-0.15, -0.1) is 0 Å². The lowest BCUT2D eigenvalue weighted by Gasteiger charge is -2.16. The number of rotatable bonds is 3. The third-order valence-electron chi connectivity index (χ3n) is 5.33. The summed E-state index contributed by atoms with van der Waals surface area (Å²) < 4.78 is 0. The number of anilines is 2. The lowest BCUT2D eigenvalue weighted by atomic mass is 9.95. The molecule has 0 aromatic heterocycles. The van der Waals surface area contributed by atoms with Crippen molar-refractivity contribution in [1.29, 1.82) is 0 Å². The molecule has 0 radical (unpaired) electrons. The maximum absolute atomic E-state index is 3.60. The predicted octanol–water partition coefficient (Wildman–Crippen LogP) is 7.21. The molecular formula is C26H21N. The first-order valence-electron chi connectivity index (χ1n) is 9.52. The average molecular weight is 347 g/mol. The third-order valence-corrected chi connectivity index (χ3v) is 5.33. The van der Waals surface area contributed by atoms with Crippen LogP contribution in [0.15, 0.2) is 91.0 Å². The van der Waals surface area contributed by atoms with Gasteiger partial charge in [-0.1, -0.05) is 78.9 Å². The number of aryl methyl sites for hydroxylation is 1. The summed E-state index contributed by atoms with van der Waals surface area (Å²) >= 11 is 0. The first-order chi connectivity index (χ1) is 13.4. The topological polar surface area (TPSA) is 12.0 Å². The summed E-state index contributed by atoms with van der Waals surface area (Å²) in [6, 6.07) is 30.3. The van der Waals surface area contributed by atoms with Crippen molar-refractivity contribution in [2.45, 2.75) is 12.8 Å². The van der Waals surface area contributed by atoms with E-state index in [1.165, 1.54) is 38.7 Å². The Balaban J connectivity index is 1.47. The van der Waals surface area contributed by atoms with Gasteiger partial charge in [0.25, 0.3) is 0 Å². The van der Waals surface area contributed by atoms with Gasteiger partial charge < -0.3 is 5.32 Å². The molecule has 0 spiro atoms. The number of hydrogen-bond acceptors (Lipinski definition) is 1. The molecule has 0 heterocycles. The normalized spacial score (nSPS) is 12.7. The van der Waals surface area contributed by atoms with Crippen LogP contribution in [0, 0.1) is 0 Å². The highest BCUT2D eigenvalue weighted by Gasteiger charge is 2.09. The highest BCUT2D eigenvalue weighted by atomic mass is 14.9. The van der Waals surface area contributed by atoms with Crippen LogP contribution in [0.25, 0.3) is 28.0 Å². The predicted molar refractivity (Wildman–Crippen MR) is 116 cm³/mol. The van der Waals surface area contributed by atoms with E-state index in [0.29, 0.717) is 0 Å². The van der Waals surface area contributed by atoms with Crippen molar-refractivity contribution >= 4 is 28.2 Å². The van der Waals surface area contributed by atoms with E-state index in [2.05, 4.69) is 102 Å². The maximum Gasteiger partial charge on any atom is 0.0460 e. The minimum atomic E-state index is 1.12. The smallest absolute Gasteiger partial charge is 0.0460 e. The van der Waals surface area contributed by atoms with Crippen LogP contribution < -0.4 is 5.32 Å². The fourth-order valence-electron chi connectivity index (χ4n) is 3.94. The zero-order valence-electron chi connectivity index (χ0n) is 15.2. The monoisotopic (exact) mass is 347 g/mol. The molecule has 1 N–H and O–H groups in total. The van der Waals surface area contributed by atoms with Crippen LogP contribution in [-0.2, 0) is 6.42 Å². The van der Waals surface area contributed by atoms with Crippen molar-refractivity contribution in [3.05, 3.63) is 102 Å². The second-order valence-electron chi connectivity index (χ2n) is 7.05. The van der Waals surface area contributed by atoms with Crippen molar-refractivity contribution in [2.24, 2.45) is 0 Å². The van der Waals surface area contributed by atoms with Crippen LogP contribution in [0.5, 0.6) is 0 Å². The molecule has 4 aromatic carbocycles. The summed E-state index contributed by atoms with van der Waals surface area (Å²) in [5, 5.41) is 6.17. The lowest BCUT2D eigenvalue weighted by molar-refractivity contribution is 0.986. The van der Waals surface area contributed by atoms with Crippen LogP contribution in [0.1, 0.15) is 17.5 Å². The van der Waals surface area contributed by atoms with Crippen molar-refractivity contribution in [3.63, 3.8) is 0 Å². The third kappa shape index (κ3) is 3.02. The van der Waals surface area contributed by atoms with E-state index in [-0.39, 0.29) is 0 Å². The van der Waals surface area contributed by atoms with E-state index in [0.717, 1.165) is 18.5 Å². The Kier molecular flexibility index (Phi) is 3.99. The van der Waals surface area contributed by atoms with E-state index in [1.807, 2.05) is 0 Å². The summed E-state index contributed by atoms with van der Waals surface area (Å²) in [6.07, 6.45) is 6.76. The van der Waals surface area contributed by atoms with Gasteiger partial charge in [-0.2, -0.15) is 0 Å². The first-order valence-corrected chi connectivity index (χ1v) is 9.52. The Hall–Kier alpha value is -3.32. The minimum Gasteiger partial charge on any atom is -0.355 e. The Labute approximate surface area is 160 Å². The molecule has 1 nitrogen and oxygen atoms in total. The molecule has 130 valence electrons. The Bertz CT molecular complexity index is 1130. The quantitative estimate of drug-likeness (QED) is 0.413. The van der Waals surface area contributed by atoms with Gasteiger partial charge in [-0.25, -0.2) is 0 Å². The molecule has 0 unspecified atom stereocenters. The zero-order chi connectivity index (χ0) is 18.1. The maximum atomic E-state index is 3.60. The number of fused-ring (bicyclic) bond motifs is 2. The second-order valence-corrected chi connectivity index (χ2v) is 7.05. The molecule has 0 bridgehead atoms. The van der Waals surface area contributed by atoms with Crippen LogP contribution >= 0.6 is 0 Å². The second kappa shape index (κ2) is 6.77. The van der Waals surface area contributed by atoms with Crippen molar-refractivity contribution in [2.75, 3.05) is 5.32 Å². The molecule has 0 atom stereocenters. The number of allylic oxidation sites excluding steroid dienone is 1. The van der Waals surface area contributed by atoms with Crippen molar-refractivity contribution in [3.8, 4) is 11.1 Å². The molecule has 5 rings (SSSR count). The molecule has 1 heteroatoms. The molecule has 0 saturated carbocycles. The summed E-state index contributed by atoms with van der Waals surface area (Å²) in [6.45, 7) is 0. The van der Waals surface area contributed by atoms with E-state index >= 15 is 0 Å². The largest absolute Gasteiger partial charge is 0.355 e. The molecule has 0 saturated heterocycles. The van der Waals surface area contributed by atoms with Gasteiger partial charge in [-0.05, 0) is 58.5 Å². The van der Waals surface area contributed by atoms with Gasteiger partial charge in [0.15, 0.2) is 0 Å². The average Bonchev–Trinajstić information content (AvgIpc) is 2.74. The van der Waals surface area contributed by atoms with Crippen LogP contribution in [0.3, 0.4) is 0 Å². The minimum absolute atomic E-state index is 1.12. The number of hydrogen-bond donors (Lipinski definition) is 1. The molecule has 4 aromatic rings. The van der Waals surface area contributed by atoms with Gasteiger partial charge in [0.1, 0.15) is 0 Å². The summed E-state index contributed by atoms with van der Waals surface area (Å²) in [4.78, 5) is 0. The van der Waals surface area contributed by atoms with Gasteiger partial charge in [0.2, 0.25) is 0 Å². The summed E-state index contributed by atoms with van der Waals surface area (Å²) in [5.74, 6) is 0. The van der Waals surface area contributed by atoms with Crippen molar-refractivity contribution < 1.29 is 0 Å². The Morgan fingerprint density at radius 2 is 1.52 bits per heavy atom. The Morgan fingerprint density at radius 1 is 0.704 bits per heavy atom. The van der Waals surface area contributed by atoms with E-state index in [4.69, 9.17) is 0 Å². The summed E-state index contributed by atoms with van der Waals surface area (Å²) in [5.41, 5.74) is 7.57. The van der Waals surface area contributed by atoms with Gasteiger partial charge in [0, 0.05) is 16.9 Å². The summed E-state index contributed by atoms with van der Waals surface area (Å²) in [7, 11) is 0. The molecule has 0 fully saturated rings. The van der Waals surface area contributed by atoms with Gasteiger partial charge >= 0.3 is 0 Å². The van der Waals surface area contributed by atoms with Crippen molar-refractivity contribution in [1.82, 2.24) is 0 Å². The zero-order valence-corrected chi connectivity index (χ0v) is 15.2. The highest BCUT2D eigenvalue weighted by molar-refractivity contribution is 5.96. The lowest BCUT2D eigenvalue weighted by Crippen LogP contribution is -1.99. The number of benzene rings is 4. The van der Waals surface area contributed by atoms with Crippen LogP contribution in [0.2, 0.25) is 0 Å². The van der Waals surface area contributed by atoms with E-state index in [1.54, 1.807) is 0 Å². The fourth-order valence-corrected chi connectivity index (χ4v) is 3.94. The van der Waals surface area contributed by atoms with Crippen LogP contribution in [0.4, 0.5) is 11.4 Å². The van der Waals surface area contributed by atoms with E-state index < -0.39 is 0 Å². The molecule has 0 amide bonds. The fraction of sp³-hybridized carbons (Fsp3) is 0.0769. The first kappa shape index (κ1) is 15.9. The molecule has 0 aliphatic heterocycles. The van der Waals surface area contributed by atoms with Gasteiger partial charge in [-0.3, -0.25) is 0 Å². The van der Waals surface area contributed by atoms with Gasteiger partial charge in [0.05, 0.1) is 0 Å². The van der Waals surface area contributed by atoms with E-state index in [9.17, 15) is 0 Å².